The highest BCUT2D eigenvalue weighted by Crippen LogP contribution is 2.26. The summed E-state index contributed by atoms with van der Waals surface area (Å²) < 4.78 is 5.88. The van der Waals surface area contributed by atoms with Crippen molar-refractivity contribution in [2.45, 2.75) is 0 Å². The van der Waals surface area contributed by atoms with Gasteiger partial charge < -0.3 is 10.1 Å². The number of benzene rings is 2. The van der Waals surface area contributed by atoms with Crippen LogP contribution in [0.15, 0.2) is 72.9 Å². The van der Waals surface area contributed by atoms with Gasteiger partial charge in [-0.05, 0) is 42.5 Å². The molecule has 0 unspecified atom stereocenters. The van der Waals surface area contributed by atoms with Gasteiger partial charge in [0, 0.05) is 11.8 Å². The number of hydrogen-bond donors (Lipinski definition) is 2. The van der Waals surface area contributed by atoms with Crippen molar-refractivity contribution in [2.24, 2.45) is 0 Å². The molecule has 0 bridgehead atoms. The maximum atomic E-state index is 12.2. The molecule has 7 heteroatoms. The number of amides is 1. The van der Waals surface area contributed by atoms with Crippen molar-refractivity contribution >= 4 is 42.4 Å². The molecule has 1 amide bonds. The number of nitrogens with zero attached hydrogens (tertiary/aromatic N) is 1. The van der Waals surface area contributed by atoms with Gasteiger partial charge in [-0.25, -0.2) is 4.98 Å². The van der Waals surface area contributed by atoms with Crippen LogP contribution in [-0.2, 0) is 0 Å². The van der Waals surface area contributed by atoms with Crippen LogP contribution >= 0.6 is 12.2 Å². The highest BCUT2D eigenvalue weighted by molar-refractivity contribution is 7.80. The summed E-state index contributed by atoms with van der Waals surface area (Å²) >= 11 is 5.23. The van der Waals surface area contributed by atoms with E-state index in [2.05, 4.69) is 15.6 Å². The van der Waals surface area contributed by atoms with Gasteiger partial charge in [-0.1, -0.05) is 41.9 Å². The van der Waals surface area contributed by atoms with Gasteiger partial charge in [0.2, 0.25) is 0 Å². The molecule has 0 aliphatic carbocycles. The van der Waals surface area contributed by atoms with Gasteiger partial charge in [0.1, 0.15) is 13.6 Å². The molecule has 0 fully saturated rings. The molecule has 0 saturated carbocycles. The number of para-hydroxylation sites is 1. The monoisotopic (exact) mass is 361 g/mol. The molecule has 0 saturated heterocycles. The lowest BCUT2D eigenvalue weighted by molar-refractivity contribution is 0.0977. The predicted octanol–water partition coefficient (Wildman–Crippen LogP) is 2.26. The smallest absolute Gasteiger partial charge is 0.257 e. The zero-order valence-corrected chi connectivity index (χ0v) is 14.9. The Morgan fingerprint density at radius 1 is 1.04 bits per heavy atom. The zero-order chi connectivity index (χ0) is 18.4. The number of ether oxygens (including phenoxy) is 1. The Morgan fingerprint density at radius 3 is 2.38 bits per heavy atom. The van der Waals surface area contributed by atoms with Crippen molar-refractivity contribution in [2.75, 3.05) is 5.32 Å². The fourth-order valence-corrected chi connectivity index (χ4v) is 2.42. The van der Waals surface area contributed by atoms with Crippen molar-refractivity contribution in [3.05, 3.63) is 78.5 Å². The number of aromatic nitrogens is 1. The van der Waals surface area contributed by atoms with Crippen molar-refractivity contribution in [1.82, 2.24) is 10.3 Å². The summed E-state index contributed by atoms with van der Waals surface area (Å²) in [5, 5.41) is 5.70. The molecule has 0 spiro atoms. The lowest BCUT2D eigenvalue weighted by atomic mass is 9.99. The molecule has 1 aromatic heterocycles. The minimum Gasteiger partial charge on any atom is -0.453 e. The van der Waals surface area contributed by atoms with E-state index in [0.717, 1.165) is 5.46 Å². The normalized spacial score (nSPS) is 10.0. The van der Waals surface area contributed by atoms with E-state index >= 15 is 0 Å². The Hall–Kier alpha value is -3.19. The van der Waals surface area contributed by atoms with Crippen molar-refractivity contribution in [3.8, 4) is 11.5 Å². The van der Waals surface area contributed by atoms with Crippen LogP contribution in [0.2, 0.25) is 0 Å². The van der Waals surface area contributed by atoms with E-state index in [1.165, 1.54) is 0 Å². The zero-order valence-electron chi connectivity index (χ0n) is 14.1. The number of carbonyl (C=O) groups excluding carboxylic acids is 1. The Kier molecular flexibility index (Phi) is 5.61. The fraction of sp³-hybridized carbons (Fsp3) is 0. The van der Waals surface area contributed by atoms with Crippen molar-refractivity contribution in [3.63, 3.8) is 0 Å². The van der Waals surface area contributed by atoms with Gasteiger partial charge in [-0.3, -0.25) is 10.1 Å². The summed E-state index contributed by atoms with van der Waals surface area (Å²) in [6, 6.07) is 20.1. The average Bonchev–Trinajstić information content (AvgIpc) is 2.65. The molecule has 26 heavy (non-hydrogen) atoms. The highest BCUT2D eigenvalue weighted by atomic mass is 32.1. The van der Waals surface area contributed by atoms with Gasteiger partial charge in [-0.15, -0.1) is 0 Å². The van der Waals surface area contributed by atoms with Gasteiger partial charge in [0.05, 0.1) is 0 Å². The summed E-state index contributed by atoms with van der Waals surface area (Å²) in [5.74, 6) is 1.34. The summed E-state index contributed by atoms with van der Waals surface area (Å²) in [6.07, 6.45) is 1.70. The second-order valence-electron chi connectivity index (χ2n) is 5.55. The predicted molar refractivity (Wildman–Crippen MR) is 109 cm³/mol. The van der Waals surface area contributed by atoms with Crippen molar-refractivity contribution < 1.29 is 9.53 Å². The van der Waals surface area contributed by atoms with Crippen LogP contribution in [0.5, 0.6) is 11.5 Å². The van der Waals surface area contributed by atoms with E-state index in [9.17, 15) is 4.79 Å². The van der Waals surface area contributed by atoms with Crippen LogP contribution in [-0.4, -0.2) is 23.8 Å². The second kappa shape index (κ2) is 8.27. The quantitative estimate of drug-likeness (QED) is 0.551. The van der Waals surface area contributed by atoms with Gasteiger partial charge >= 0.3 is 0 Å². The first-order chi connectivity index (χ1) is 12.6. The number of carbonyl (C=O) groups is 1. The highest BCUT2D eigenvalue weighted by Gasteiger charge is 2.12. The van der Waals surface area contributed by atoms with Crippen LogP contribution in [0.3, 0.4) is 0 Å². The summed E-state index contributed by atoms with van der Waals surface area (Å²) in [7, 11) is 1.92. The lowest BCUT2D eigenvalue weighted by Gasteiger charge is -2.14. The number of anilines is 1. The van der Waals surface area contributed by atoms with Crippen LogP contribution < -0.4 is 20.8 Å². The Balaban J connectivity index is 1.73. The van der Waals surface area contributed by atoms with Crippen LogP contribution in [0.4, 0.5) is 5.82 Å². The first kappa shape index (κ1) is 17.6. The lowest BCUT2D eigenvalue weighted by Crippen LogP contribution is -2.34. The molecule has 0 radical (unpaired) electrons. The van der Waals surface area contributed by atoms with Gasteiger partial charge in [-0.2, -0.15) is 0 Å². The molecule has 2 N–H and O–H groups in total. The Morgan fingerprint density at radius 2 is 1.69 bits per heavy atom. The molecule has 0 aliphatic heterocycles. The standard InChI is InChI=1S/C19H16BN3O2S/c20-14-11-16(25-15-9-5-2-6-10-15)17(21-12-14)22-19(26)23-18(24)13-7-3-1-4-8-13/h1-12H,20H2,(H2,21,22,23,24,26). The van der Waals surface area contributed by atoms with E-state index in [-0.39, 0.29) is 11.0 Å². The fourth-order valence-electron chi connectivity index (χ4n) is 2.23. The molecular formula is C19H16BN3O2S. The van der Waals surface area contributed by atoms with E-state index in [1.807, 2.05) is 50.3 Å². The van der Waals surface area contributed by atoms with E-state index in [4.69, 9.17) is 17.0 Å². The second-order valence-corrected chi connectivity index (χ2v) is 5.96. The third-order valence-corrected chi connectivity index (χ3v) is 3.66. The molecule has 3 aromatic rings. The van der Waals surface area contributed by atoms with E-state index in [1.54, 1.807) is 30.5 Å². The van der Waals surface area contributed by atoms with Gasteiger partial charge in [0.25, 0.3) is 5.91 Å². The topological polar surface area (TPSA) is 63.2 Å². The largest absolute Gasteiger partial charge is 0.453 e. The number of thiocarbonyl (C=S) groups is 1. The van der Waals surface area contributed by atoms with Crippen molar-refractivity contribution in [1.29, 1.82) is 0 Å². The maximum Gasteiger partial charge on any atom is 0.257 e. The first-order valence-electron chi connectivity index (χ1n) is 7.99. The molecule has 0 atom stereocenters. The molecule has 1 heterocycles. The third-order valence-electron chi connectivity index (χ3n) is 3.46. The van der Waals surface area contributed by atoms with Crippen LogP contribution in [0.25, 0.3) is 0 Å². The minimum absolute atomic E-state index is 0.146. The number of pyridine rings is 1. The maximum absolute atomic E-state index is 12.2. The number of nitrogens with one attached hydrogen (secondary N) is 2. The van der Waals surface area contributed by atoms with Crippen LogP contribution in [0, 0.1) is 0 Å². The average molecular weight is 361 g/mol. The molecule has 0 aliphatic rings. The van der Waals surface area contributed by atoms with E-state index in [0.29, 0.717) is 22.9 Å². The third kappa shape index (κ3) is 4.67. The molecule has 128 valence electrons. The first-order valence-corrected chi connectivity index (χ1v) is 8.39. The van der Waals surface area contributed by atoms with E-state index < -0.39 is 0 Å². The molecule has 2 aromatic carbocycles. The summed E-state index contributed by atoms with van der Waals surface area (Å²) in [5.41, 5.74) is 1.47. The Bertz CT molecular complexity index is 921. The summed E-state index contributed by atoms with van der Waals surface area (Å²) in [6.45, 7) is 0. The molecule has 3 rings (SSSR count). The van der Waals surface area contributed by atoms with Gasteiger partial charge in [0.15, 0.2) is 16.7 Å². The minimum atomic E-state index is -0.291. The van der Waals surface area contributed by atoms with Crippen LogP contribution in [0.1, 0.15) is 10.4 Å². The SMILES string of the molecule is Bc1cnc(NC(=S)NC(=O)c2ccccc2)c(Oc2ccccc2)c1. The summed E-state index contributed by atoms with van der Waals surface area (Å²) in [4.78, 5) is 16.5. The molecular weight excluding hydrogens is 345 g/mol. The number of hydrogen-bond acceptors (Lipinski definition) is 4. The Labute approximate surface area is 157 Å². The number of rotatable bonds is 4. The molecule has 5 nitrogen and oxygen atoms in total.